The van der Waals surface area contributed by atoms with E-state index in [0.717, 1.165) is 43.1 Å². The SMILES string of the molecule is FCC(c1ccc2nonc2c1)N1CCN(c2[c]cc(-n3cnnn3)cc2)CC1. The topological polar surface area (TPSA) is 89.0 Å². The van der Waals surface area contributed by atoms with Crippen molar-refractivity contribution < 1.29 is 9.02 Å². The number of nitrogens with zero attached hydrogens (tertiary/aromatic N) is 8. The number of benzene rings is 2. The Morgan fingerprint density at radius 1 is 1.07 bits per heavy atom. The Morgan fingerprint density at radius 3 is 2.66 bits per heavy atom. The minimum absolute atomic E-state index is 0.301. The molecule has 147 valence electrons. The molecule has 1 atom stereocenters. The normalized spacial score (nSPS) is 16.4. The van der Waals surface area contributed by atoms with Gasteiger partial charge in [0.05, 0.1) is 11.7 Å². The van der Waals surface area contributed by atoms with Gasteiger partial charge in [-0.05, 0) is 56.6 Å². The highest BCUT2D eigenvalue weighted by atomic mass is 19.1. The van der Waals surface area contributed by atoms with E-state index in [4.69, 9.17) is 4.63 Å². The number of aromatic nitrogens is 6. The second-order valence-electron chi connectivity index (χ2n) is 6.89. The largest absolute Gasteiger partial charge is 0.368 e. The number of fused-ring (bicyclic) bond motifs is 1. The molecule has 1 aliphatic rings. The molecular weight excluding hydrogens is 375 g/mol. The molecule has 10 heteroatoms. The average molecular weight is 393 g/mol. The van der Waals surface area contributed by atoms with Gasteiger partial charge >= 0.3 is 0 Å². The highest BCUT2D eigenvalue weighted by Gasteiger charge is 2.26. The van der Waals surface area contributed by atoms with E-state index in [1.54, 1.807) is 11.0 Å². The first-order valence-electron chi connectivity index (χ1n) is 9.34. The van der Waals surface area contributed by atoms with Gasteiger partial charge in [0.25, 0.3) is 0 Å². The van der Waals surface area contributed by atoms with E-state index in [1.807, 2.05) is 36.4 Å². The van der Waals surface area contributed by atoms with Crippen LogP contribution in [-0.2, 0) is 0 Å². The molecule has 0 spiro atoms. The zero-order valence-corrected chi connectivity index (χ0v) is 15.5. The lowest BCUT2D eigenvalue weighted by Gasteiger charge is -2.39. The highest BCUT2D eigenvalue weighted by molar-refractivity contribution is 5.73. The molecule has 1 unspecified atom stereocenters. The number of rotatable bonds is 5. The Balaban J connectivity index is 1.26. The molecule has 2 aromatic heterocycles. The van der Waals surface area contributed by atoms with Gasteiger partial charge in [-0.2, -0.15) is 0 Å². The van der Waals surface area contributed by atoms with Crippen molar-refractivity contribution in [3.63, 3.8) is 0 Å². The van der Waals surface area contributed by atoms with Crippen LogP contribution in [-0.4, -0.2) is 68.3 Å². The van der Waals surface area contributed by atoms with Crippen LogP contribution < -0.4 is 4.90 Å². The van der Waals surface area contributed by atoms with Crippen molar-refractivity contribution in [3.8, 4) is 5.69 Å². The van der Waals surface area contributed by atoms with E-state index in [-0.39, 0.29) is 6.04 Å². The Bertz CT molecular complexity index is 1070. The van der Waals surface area contributed by atoms with Crippen molar-refractivity contribution >= 4 is 16.7 Å². The first kappa shape index (κ1) is 17.7. The van der Waals surface area contributed by atoms with Gasteiger partial charge in [-0.25, -0.2) is 13.7 Å². The first-order valence-corrected chi connectivity index (χ1v) is 9.34. The lowest BCUT2D eigenvalue weighted by molar-refractivity contribution is 0.157. The van der Waals surface area contributed by atoms with Crippen LogP contribution in [0.15, 0.2) is 47.4 Å². The lowest BCUT2D eigenvalue weighted by atomic mass is 10.0. The smallest absolute Gasteiger partial charge is 0.143 e. The van der Waals surface area contributed by atoms with Gasteiger partial charge in [0, 0.05) is 37.9 Å². The van der Waals surface area contributed by atoms with E-state index >= 15 is 0 Å². The van der Waals surface area contributed by atoms with E-state index in [2.05, 4.69) is 41.7 Å². The Labute approximate surface area is 165 Å². The summed E-state index contributed by atoms with van der Waals surface area (Å²) in [6, 6.07) is 14.4. The number of hydrogen-bond donors (Lipinski definition) is 0. The van der Waals surface area contributed by atoms with Gasteiger partial charge in [0.1, 0.15) is 24.0 Å². The van der Waals surface area contributed by atoms with Crippen LogP contribution in [0.2, 0.25) is 0 Å². The minimum atomic E-state index is -0.455. The van der Waals surface area contributed by atoms with Crippen LogP contribution in [0.5, 0.6) is 0 Å². The molecule has 29 heavy (non-hydrogen) atoms. The van der Waals surface area contributed by atoms with Gasteiger partial charge in [-0.3, -0.25) is 4.90 Å². The predicted octanol–water partition coefficient (Wildman–Crippen LogP) is 1.83. The zero-order chi connectivity index (χ0) is 19.6. The number of anilines is 1. The molecule has 0 amide bonds. The number of alkyl halides is 1. The van der Waals surface area contributed by atoms with Crippen molar-refractivity contribution in [3.05, 3.63) is 54.4 Å². The first-order chi connectivity index (χ1) is 14.3. The van der Waals surface area contributed by atoms with Crippen LogP contribution in [0, 0.1) is 6.07 Å². The Kier molecular flexibility index (Phi) is 4.60. The third-order valence-corrected chi connectivity index (χ3v) is 5.30. The second-order valence-corrected chi connectivity index (χ2v) is 6.89. The molecule has 1 aliphatic heterocycles. The van der Waals surface area contributed by atoms with Gasteiger partial charge in [0.2, 0.25) is 0 Å². The quantitative estimate of drug-likeness (QED) is 0.507. The van der Waals surface area contributed by atoms with Crippen molar-refractivity contribution in [1.29, 1.82) is 0 Å². The molecule has 3 heterocycles. The highest BCUT2D eigenvalue weighted by Crippen LogP contribution is 2.27. The maximum atomic E-state index is 13.9. The molecule has 0 saturated carbocycles. The number of piperazine rings is 1. The van der Waals surface area contributed by atoms with Gasteiger partial charge in [0.15, 0.2) is 0 Å². The molecule has 0 N–H and O–H groups in total. The fourth-order valence-corrected chi connectivity index (χ4v) is 3.71. The number of tetrazole rings is 1. The average Bonchev–Trinajstić information content (AvgIpc) is 3.47. The van der Waals surface area contributed by atoms with E-state index < -0.39 is 6.67 Å². The van der Waals surface area contributed by atoms with Gasteiger partial charge in [-0.1, -0.05) is 6.07 Å². The summed E-state index contributed by atoms with van der Waals surface area (Å²) in [6.07, 6.45) is 1.55. The monoisotopic (exact) mass is 393 g/mol. The van der Waals surface area contributed by atoms with Crippen molar-refractivity contribution in [1.82, 2.24) is 35.4 Å². The summed E-state index contributed by atoms with van der Waals surface area (Å²) in [5, 5.41) is 18.8. The molecule has 9 nitrogen and oxygen atoms in total. The second kappa shape index (κ2) is 7.55. The Morgan fingerprint density at radius 2 is 1.93 bits per heavy atom. The molecule has 1 saturated heterocycles. The molecule has 1 fully saturated rings. The fourth-order valence-electron chi connectivity index (χ4n) is 3.71. The third kappa shape index (κ3) is 3.42. The van der Waals surface area contributed by atoms with E-state index in [0.29, 0.717) is 11.0 Å². The maximum Gasteiger partial charge on any atom is 0.143 e. The van der Waals surface area contributed by atoms with E-state index in [9.17, 15) is 4.39 Å². The molecule has 0 bridgehead atoms. The number of hydrogen-bond acceptors (Lipinski definition) is 8. The van der Waals surface area contributed by atoms with E-state index in [1.165, 1.54) is 0 Å². The van der Waals surface area contributed by atoms with Crippen LogP contribution in [0.3, 0.4) is 0 Å². The molecule has 2 aromatic carbocycles. The summed E-state index contributed by atoms with van der Waals surface area (Å²) >= 11 is 0. The molecule has 4 aromatic rings. The molecule has 5 rings (SSSR count). The summed E-state index contributed by atoms with van der Waals surface area (Å²) < 4.78 is 20.2. The predicted molar refractivity (Wildman–Crippen MR) is 102 cm³/mol. The van der Waals surface area contributed by atoms with Crippen LogP contribution in [0.4, 0.5) is 10.1 Å². The van der Waals surface area contributed by atoms with Gasteiger partial charge < -0.3 is 4.90 Å². The summed E-state index contributed by atoms with van der Waals surface area (Å²) in [6.45, 7) is 2.65. The number of halogens is 1. The summed E-state index contributed by atoms with van der Waals surface area (Å²) in [5.41, 5.74) is 4.08. The van der Waals surface area contributed by atoms with Gasteiger partial charge in [-0.15, -0.1) is 5.10 Å². The third-order valence-electron chi connectivity index (χ3n) is 5.30. The summed E-state index contributed by atoms with van der Waals surface area (Å²) in [4.78, 5) is 4.42. The summed E-state index contributed by atoms with van der Waals surface area (Å²) in [7, 11) is 0. The Hall–Kier alpha value is -3.40. The van der Waals surface area contributed by atoms with Crippen molar-refractivity contribution in [2.45, 2.75) is 6.04 Å². The lowest BCUT2D eigenvalue weighted by Crippen LogP contribution is -2.48. The molecular formula is C19H18FN8O. The fraction of sp³-hybridized carbons (Fsp3) is 0.316. The standard InChI is InChI=1S/C19H18FN8O/c20-12-19(14-1-6-17-18(11-14)23-29-22-17)27-9-7-26(8-10-27)15-2-4-16(5-3-15)28-13-21-24-25-28/h1-2,4-6,11,13,19H,7-10,12H2. The molecule has 1 radical (unpaired) electrons. The zero-order valence-electron chi connectivity index (χ0n) is 15.5. The maximum absolute atomic E-state index is 13.9. The van der Waals surface area contributed by atoms with Crippen LogP contribution in [0.25, 0.3) is 16.7 Å². The summed E-state index contributed by atoms with van der Waals surface area (Å²) in [5.74, 6) is 0. The van der Waals surface area contributed by atoms with Crippen molar-refractivity contribution in [2.75, 3.05) is 37.8 Å². The van der Waals surface area contributed by atoms with Crippen LogP contribution >= 0.6 is 0 Å². The van der Waals surface area contributed by atoms with Crippen LogP contribution in [0.1, 0.15) is 11.6 Å². The van der Waals surface area contributed by atoms with Crippen molar-refractivity contribution in [2.24, 2.45) is 0 Å². The molecule has 0 aliphatic carbocycles. The minimum Gasteiger partial charge on any atom is -0.368 e.